The summed E-state index contributed by atoms with van der Waals surface area (Å²) in [6, 6.07) is 24.3. The lowest BCUT2D eigenvalue weighted by Crippen LogP contribution is -2.61. The van der Waals surface area contributed by atoms with E-state index < -0.39 is 6.29 Å². The molecule has 256 valence electrons. The third kappa shape index (κ3) is 7.12. The van der Waals surface area contributed by atoms with Crippen LogP contribution in [0.1, 0.15) is 79.6 Å². The van der Waals surface area contributed by atoms with Gasteiger partial charge in [-0.25, -0.2) is 9.78 Å². The summed E-state index contributed by atoms with van der Waals surface area (Å²) in [5.41, 5.74) is 5.95. The molecular weight excluding hydrogens is 659 g/mol. The Bertz CT molecular complexity index is 1760. The Kier molecular flexibility index (Phi) is 9.18. The molecule has 3 N–H and O–H groups in total. The normalized spacial score (nSPS) is 28.8. The zero-order chi connectivity index (χ0) is 33.5. The number of carbonyl (C=O) groups excluding carboxylic acids is 1. The third-order valence-corrected chi connectivity index (χ3v) is 11.8. The maximum absolute atomic E-state index is 13.1. The highest BCUT2D eigenvalue weighted by Crippen LogP contribution is 2.55. The molecule has 4 aliphatic carbocycles. The quantitative estimate of drug-likeness (QED) is 0.163. The van der Waals surface area contributed by atoms with Gasteiger partial charge in [0.2, 0.25) is 0 Å². The number of hydrogen-bond donors (Lipinski definition) is 3. The first-order valence-electron chi connectivity index (χ1n) is 17.4. The van der Waals surface area contributed by atoms with Crippen molar-refractivity contribution < 1.29 is 19.4 Å². The van der Waals surface area contributed by atoms with Gasteiger partial charge in [-0.1, -0.05) is 89.9 Å². The van der Waals surface area contributed by atoms with E-state index in [4.69, 9.17) is 32.7 Å². The molecule has 5 fully saturated rings. The number of ether oxygens (including phenoxy) is 2. The minimum absolute atomic E-state index is 0.000978. The van der Waals surface area contributed by atoms with Crippen molar-refractivity contribution in [1.82, 2.24) is 20.2 Å². The summed E-state index contributed by atoms with van der Waals surface area (Å²) in [7, 11) is 0. The van der Waals surface area contributed by atoms with Crippen molar-refractivity contribution in [3.05, 3.63) is 112 Å². The molecule has 2 amide bonds. The SMILES string of the molecule is O=C(NCc1cccc(-c2ccc([C@H]3O[C@@H](Cn4cnc(Cl)c4Cl)C[C@@H](c4ccc(CO)cc4)O3)cc2)c1)NC12CC3CC(CC(C3)C1)C2. The fraction of sp³-hybridized carbons (Fsp3) is 0.436. The molecule has 0 spiro atoms. The summed E-state index contributed by atoms with van der Waals surface area (Å²) < 4.78 is 14.8. The number of hydrogen-bond acceptors (Lipinski definition) is 5. The fourth-order valence-electron chi connectivity index (χ4n) is 9.15. The van der Waals surface area contributed by atoms with Crippen molar-refractivity contribution in [2.24, 2.45) is 17.8 Å². The lowest BCUT2D eigenvalue weighted by molar-refractivity contribution is -0.252. The summed E-state index contributed by atoms with van der Waals surface area (Å²) >= 11 is 12.5. The predicted molar refractivity (Wildman–Crippen MR) is 189 cm³/mol. The molecule has 49 heavy (non-hydrogen) atoms. The molecule has 5 aliphatic rings. The second-order valence-corrected chi connectivity index (χ2v) is 15.4. The summed E-state index contributed by atoms with van der Waals surface area (Å²) in [6.07, 6.45) is 8.69. The highest BCUT2D eigenvalue weighted by atomic mass is 35.5. The number of aromatic nitrogens is 2. The van der Waals surface area contributed by atoms with E-state index in [1.165, 1.54) is 19.3 Å². The highest BCUT2D eigenvalue weighted by molar-refractivity contribution is 6.40. The van der Waals surface area contributed by atoms with Gasteiger partial charge >= 0.3 is 6.03 Å². The maximum Gasteiger partial charge on any atom is 0.315 e. The van der Waals surface area contributed by atoms with E-state index in [0.717, 1.165) is 70.4 Å². The first-order valence-corrected chi connectivity index (χ1v) is 18.2. The fourth-order valence-corrected chi connectivity index (χ4v) is 9.46. The van der Waals surface area contributed by atoms with Gasteiger partial charge in [0.05, 0.1) is 31.7 Å². The second-order valence-electron chi connectivity index (χ2n) is 14.7. The Morgan fingerprint density at radius 1 is 0.857 bits per heavy atom. The molecule has 3 aromatic carbocycles. The largest absolute Gasteiger partial charge is 0.392 e. The molecule has 1 aliphatic heterocycles. The van der Waals surface area contributed by atoms with E-state index in [1.807, 2.05) is 42.5 Å². The Morgan fingerprint density at radius 2 is 1.55 bits per heavy atom. The Balaban J connectivity index is 0.936. The van der Waals surface area contributed by atoms with E-state index in [2.05, 4.69) is 45.9 Å². The van der Waals surface area contributed by atoms with Crippen molar-refractivity contribution in [2.45, 2.75) is 88.7 Å². The maximum atomic E-state index is 13.1. The molecule has 2 heterocycles. The van der Waals surface area contributed by atoms with Crippen LogP contribution in [0.25, 0.3) is 11.1 Å². The van der Waals surface area contributed by atoms with Crippen LogP contribution in [0.5, 0.6) is 0 Å². The van der Waals surface area contributed by atoms with Crippen molar-refractivity contribution >= 4 is 29.2 Å². The van der Waals surface area contributed by atoms with Gasteiger partial charge in [0, 0.05) is 24.1 Å². The molecule has 1 saturated heterocycles. The van der Waals surface area contributed by atoms with Crippen molar-refractivity contribution in [1.29, 1.82) is 0 Å². The minimum Gasteiger partial charge on any atom is -0.392 e. The molecule has 1 aromatic heterocycles. The van der Waals surface area contributed by atoms with Gasteiger partial charge in [-0.15, -0.1) is 0 Å². The predicted octanol–water partition coefficient (Wildman–Crippen LogP) is 8.36. The number of benzene rings is 3. The standard InChI is InChI=1S/C39H42Cl2N4O4/c40-35-36(41)45(23-43-35)21-33-16-34(30-6-4-24(22-46)5-7-30)49-37(48-33)31-10-8-29(9-11-31)32-3-1-2-25(15-32)20-42-38(47)44-39-17-26-12-27(18-39)14-28(13-26)19-39/h1-11,15,23,26-28,33-34,37,46H,12-14,16-22H2,(H2,42,44,47)/t26?,27?,28?,33-,34+,37+,39?/m1/s1. The minimum atomic E-state index is -0.601. The summed E-state index contributed by atoms with van der Waals surface area (Å²) in [5, 5.41) is 16.7. The van der Waals surface area contributed by atoms with E-state index in [0.29, 0.717) is 24.7 Å². The van der Waals surface area contributed by atoms with Crippen molar-refractivity contribution in [3.63, 3.8) is 0 Å². The molecule has 8 nitrogen and oxygen atoms in total. The third-order valence-electron chi connectivity index (χ3n) is 11.1. The molecule has 4 aromatic rings. The Hall–Kier alpha value is -3.40. The zero-order valence-corrected chi connectivity index (χ0v) is 28.9. The lowest BCUT2D eigenvalue weighted by Gasteiger charge is -2.56. The lowest BCUT2D eigenvalue weighted by atomic mass is 9.53. The van der Waals surface area contributed by atoms with Crippen LogP contribution in [0.2, 0.25) is 10.3 Å². The van der Waals surface area contributed by atoms with Crippen LogP contribution in [0.15, 0.2) is 79.1 Å². The van der Waals surface area contributed by atoms with Crippen LogP contribution in [0.3, 0.4) is 0 Å². The molecule has 3 atom stereocenters. The topological polar surface area (TPSA) is 97.6 Å². The smallest absolute Gasteiger partial charge is 0.315 e. The summed E-state index contributed by atoms with van der Waals surface area (Å²) in [4.78, 5) is 17.2. The van der Waals surface area contributed by atoms with E-state index >= 15 is 0 Å². The van der Waals surface area contributed by atoms with Crippen LogP contribution in [0.4, 0.5) is 4.79 Å². The number of carbonyl (C=O) groups is 1. The monoisotopic (exact) mass is 700 g/mol. The number of rotatable bonds is 9. The summed E-state index contributed by atoms with van der Waals surface area (Å²) in [6.45, 7) is 0.939. The van der Waals surface area contributed by atoms with E-state index in [1.54, 1.807) is 10.9 Å². The van der Waals surface area contributed by atoms with Gasteiger partial charge in [-0.3, -0.25) is 0 Å². The van der Waals surface area contributed by atoms with Crippen LogP contribution in [-0.4, -0.2) is 32.3 Å². The van der Waals surface area contributed by atoms with Crippen molar-refractivity contribution in [3.8, 4) is 11.1 Å². The highest BCUT2D eigenvalue weighted by Gasteiger charge is 2.51. The average Bonchev–Trinajstić information content (AvgIpc) is 3.42. The molecule has 4 saturated carbocycles. The van der Waals surface area contributed by atoms with E-state index in [-0.39, 0.29) is 35.5 Å². The molecule has 0 unspecified atom stereocenters. The second kappa shape index (κ2) is 13.7. The number of aliphatic hydroxyl groups is 1. The molecule has 4 bridgehead atoms. The number of urea groups is 1. The average molecular weight is 702 g/mol. The number of nitrogens with zero attached hydrogens (tertiary/aromatic N) is 2. The first-order chi connectivity index (χ1) is 23.8. The van der Waals surface area contributed by atoms with Crippen LogP contribution >= 0.6 is 23.2 Å². The molecule has 10 heteroatoms. The number of aliphatic hydroxyl groups excluding tert-OH is 1. The van der Waals surface area contributed by atoms with Gasteiger partial charge in [0.25, 0.3) is 0 Å². The van der Waals surface area contributed by atoms with Gasteiger partial charge in [0.1, 0.15) is 5.15 Å². The first kappa shape index (κ1) is 32.8. The van der Waals surface area contributed by atoms with Gasteiger partial charge < -0.3 is 29.8 Å². The van der Waals surface area contributed by atoms with Gasteiger partial charge in [-0.2, -0.15) is 0 Å². The summed E-state index contributed by atoms with van der Waals surface area (Å²) in [5.74, 6) is 2.37. The van der Waals surface area contributed by atoms with Crippen LogP contribution < -0.4 is 10.6 Å². The molecular formula is C39H42Cl2N4O4. The number of imidazole rings is 1. The van der Waals surface area contributed by atoms with Crippen LogP contribution in [-0.2, 0) is 29.2 Å². The van der Waals surface area contributed by atoms with Gasteiger partial charge in [0.15, 0.2) is 11.4 Å². The Morgan fingerprint density at radius 3 is 2.20 bits per heavy atom. The number of amides is 2. The number of halogens is 2. The van der Waals surface area contributed by atoms with Gasteiger partial charge in [-0.05, 0) is 90.2 Å². The molecule has 9 rings (SSSR count). The molecule has 0 radical (unpaired) electrons. The van der Waals surface area contributed by atoms with Crippen LogP contribution in [0, 0.1) is 17.8 Å². The van der Waals surface area contributed by atoms with E-state index in [9.17, 15) is 9.90 Å². The Labute approximate surface area is 297 Å². The van der Waals surface area contributed by atoms with Crippen molar-refractivity contribution in [2.75, 3.05) is 0 Å². The number of nitrogens with one attached hydrogen (secondary N) is 2. The zero-order valence-electron chi connectivity index (χ0n) is 27.4.